The van der Waals surface area contributed by atoms with E-state index < -0.39 is 0 Å². The highest BCUT2D eigenvalue weighted by Crippen LogP contribution is 2.36. The third-order valence-electron chi connectivity index (χ3n) is 3.32. The van der Waals surface area contributed by atoms with Crippen molar-refractivity contribution < 1.29 is 9.18 Å². The van der Waals surface area contributed by atoms with E-state index in [1.807, 2.05) is 29.2 Å². The molecule has 4 nitrogen and oxygen atoms in total. The van der Waals surface area contributed by atoms with E-state index in [0.717, 1.165) is 17.1 Å². The number of carbonyl (C=O) groups excluding carboxylic acids is 1. The minimum atomic E-state index is -0.330. The molecule has 102 valence electrons. The minimum absolute atomic E-state index is 0.101. The van der Waals surface area contributed by atoms with Gasteiger partial charge in [0.2, 0.25) is 5.91 Å². The van der Waals surface area contributed by atoms with Crippen LogP contribution in [0.25, 0.3) is 0 Å². The zero-order valence-electron chi connectivity index (χ0n) is 10.8. The quantitative estimate of drug-likeness (QED) is 0.881. The fourth-order valence-electron chi connectivity index (χ4n) is 2.43. The van der Waals surface area contributed by atoms with Crippen LogP contribution in [0.4, 0.5) is 21.5 Å². The molecule has 0 spiro atoms. The summed E-state index contributed by atoms with van der Waals surface area (Å²) >= 11 is 0. The number of hydrogen-bond donors (Lipinski definition) is 2. The van der Waals surface area contributed by atoms with Crippen molar-refractivity contribution in [2.75, 3.05) is 16.8 Å². The van der Waals surface area contributed by atoms with Gasteiger partial charge in [0.05, 0.1) is 11.4 Å². The van der Waals surface area contributed by atoms with Gasteiger partial charge in [-0.2, -0.15) is 0 Å². The third-order valence-corrected chi connectivity index (χ3v) is 3.32. The van der Waals surface area contributed by atoms with E-state index in [-0.39, 0.29) is 24.8 Å². The van der Waals surface area contributed by atoms with Crippen LogP contribution in [0.15, 0.2) is 42.5 Å². The van der Waals surface area contributed by atoms with E-state index in [1.165, 1.54) is 12.1 Å². The van der Waals surface area contributed by atoms with Crippen molar-refractivity contribution in [1.29, 1.82) is 0 Å². The fraction of sp³-hybridized carbons (Fsp3) is 0.133. The van der Waals surface area contributed by atoms with Crippen LogP contribution < -0.4 is 16.0 Å². The highest BCUT2D eigenvalue weighted by Gasteiger charge is 2.24. The molecule has 2 aromatic rings. The predicted octanol–water partition coefficient (Wildman–Crippen LogP) is 2.37. The second kappa shape index (κ2) is 4.94. The zero-order chi connectivity index (χ0) is 14.1. The molecule has 1 aliphatic heterocycles. The number of halogens is 1. The minimum Gasteiger partial charge on any atom is -0.330 e. The smallest absolute Gasteiger partial charge is 0.244 e. The highest BCUT2D eigenvalue weighted by molar-refractivity contribution is 6.03. The van der Waals surface area contributed by atoms with Crippen LogP contribution in [0.5, 0.6) is 0 Å². The van der Waals surface area contributed by atoms with E-state index in [1.54, 1.807) is 6.07 Å². The van der Waals surface area contributed by atoms with E-state index >= 15 is 0 Å². The van der Waals surface area contributed by atoms with Gasteiger partial charge in [0.1, 0.15) is 12.4 Å². The lowest BCUT2D eigenvalue weighted by atomic mass is 10.1. The van der Waals surface area contributed by atoms with Gasteiger partial charge in [0.25, 0.3) is 0 Å². The number of carbonyl (C=O) groups is 1. The molecular formula is C15H14FN3O. The summed E-state index contributed by atoms with van der Waals surface area (Å²) in [6.07, 6.45) is 0. The van der Waals surface area contributed by atoms with Crippen molar-refractivity contribution >= 4 is 23.0 Å². The molecule has 0 unspecified atom stereocenters. The van der Waals surface area contributed by atoms with Gasteiger partial charge >= 0.3 is 0 Å². The number of nitrogens with one attached hydrogen (secondary N) is 1. The van der Waals surface area contributed by atoms with Gasteiger partial charge in [0.15, 0.2) is 0 Å². The first kappa shape index (κ1) is 12.6. The molecule has 1 heterocycles. The number of amides is 1. The molecule has 5 heteroatoms. The Morgan fingerprint density at radius 2 is 2.00 bits per heavy atom. The number of benzene rings is 2. The number of rotatable bonds is 2. The lowest BCUT2D eigenvalue weighted by Gasteiger charge is -2.32. The molecule has 0 fully saturated rings. The van der Waals surface area contributed by atoms with Crippen LogP contribution in [0.3, 0.4) is 0 Å². The maximum absolute atomic E-state index is 13.3. The summed E-state index contributed by atoms with van der Waals surface area (Å²) in [7, 11) is 0. The van der Waals surface area contributed by atoms with Gasteiger partial charge in [-0.3, -0.25) is 4.79 Å². The summed E-state index contributed by atoms with van der Waals surface area (Å²) in [6.45, 7) is 0.406. The lowest BCUT2D eigenvalue weighted by Crippen LogP contribution is -2.35. The summed E-state index contributed by atoms with van der Waals surface area (Å²) in [5.41, 5.74) is 8.75. The standard InChI is InChI=1S/C15H14FN3O/c16-11-5-6-13(10(7-11)8-17)19-9-15(20)18-12-3-1-2-4-14(12)19/h1-7H,8-9,17H2,(H,18,20). The molecule has 1 aliphatic rings. The van der Waals surface area contributed by atoms with E-state index in [2.05, 4.69) is 5.32 Å². The summed E-state index contributed by atoms with van der Waals surface area (Å²) in [5.74, 6) is -0.431. The SMILES string of the molecule is NCc1cc(F)ccc1N1CC(=O)Nc2ccccc21. The monoisotopic (exact) mass is 271 g/mol. The van der Waals surface area contributed by atoms with Crippen molar-refractivity contribution in [1.82, 2.24) is 0 Å². The van der Waals surface area contributed by atoms with Crippen LogP contribution in [-0.4, -0.2) is 12.5 Å². The van der Waals surface area contributed by atoms with E-state index in [0.29, 0.717) is 5.56 Å². The molecule has 0 aliphatic carbocycles. The predicted molar refractivity (Wildman–Crippen MR) is 76.4 cm³/mol. The molecule has 3 rings (SSSR count). The van der Waals surface area contributed by atoms with E-state index in [9.17, 15) is 9.18 Å². The van der Waals surface area contributed by atoms with Gasteiger partial charge in [-0.1, -0.05) is 12.1 Å². The van der Waals surface area contributed by atoms with Gasteiger partial charge < -0.3 is 16.0 Å². The Hall–Kier alpha value is -2.40. The van der Waals surface area contributed by atoms with E-state index in [4.69, 9.17) is 5.73 Å². The first-order valence-electron chi connectivity index (χ1n) is 6.34. The Morgan fingerprint density at radius 1 is 1.20 bits per heavy atom. The molecule has 20 heavy (non-hydrogen) atoms. The number of anilines is 3. The average Bonchev–Trinajstić information content (AvgIpc) is 2.46. The number of nitrogens with two attached hydrogens (primary N) is 1. The summed E-state index contributed by atoms with van der Waals surface area (Å²) < 4.78 is 13.3. The second-order valence-corrected chi connectivity index (χ2v) is 4.63. The summed E-state index contributed by atoms with van der Waals surface area (Å²) in [5, 5.41) is 2.82. The number of para-hydroxylation sites is 2. The molecule has 0 radical (unpaired) electrons. The largest absolute Gasteiger partial charge is 0.330 e. The van der Waals surface area contributed by atoms with Crippen molar-refractivity contribution in [2.24, 2.45) is 5.73 Å². The first-order chi connectivity index (χ1) is 9.69. The topological polar surface area (TPSA) is 58.4 Å². The normalized spacial score (nSPS) is 13.9. The van der Waals surface area contributed by atoms with Crippen molar-refractivity contribution in [3.63, 3.8) is 0 Å². The number of fused-ring (bicyclic) bond motifs is 1. The number of nitrogens with zero attached hydrogens (tertiary/aromatic N) is 1. The Kier molecular flexibility index (Phi) is 3.12. The van der Waals surface area contributed by atoms with Crippen molar-refractivity contribution in [3.8, 4) is 0 Å². The summed E-state index contributed by atoms with van der Waals surface area (Å²) in [4.78, 5) is 13.7. The van der Waals surface area contributed by atoms with Gasteiger partial charge in [-0.05, 0) is 35.9 Å². The Bertz CT molecular complexity index is 672. The van der Waals surface area contributed by atoms with Crippen LogP contribution in [0.1, 0.15) is 5.56 Å². The molecule has 2 aromatic carbocycles. The van der Waals surface area contributed by atoms with Crippen LogP contribution in [-0.2, 0) is 11.3 Å². The molecule has 3 N–H and O–H groups in total. The van der Waals surface area contributed by atoms with Gasteiger partial charge in [0, 0.05) is 12.2 Å². The fourth-order valence-corrected chi connectivity index (χ4v) is 2.43. The molecule has 0 saturated heterocycles. The van der Waals surface area contributed by atoms with Crippen molar-refractivity contribution in [2.45, 2.75) is 6.54 Å². The highest BCUT2D eigenvalue weighted by atomic mass is 19.1. The molecule has 0 aromatic heterocycles. The molecule has 0 atom stereocenters. The maximum atomic E-state index is 13.3. The van der Waals surface area contributed by atoms with Crippen LogP contribution >= 0.6 is 0 Å². The van der Waals surface area contributed by atoms with Crippen molar-refractivity contribution in [3.05, 3.63) is 53.8 Å². The average molecular weight is 271 g/mol. The summed E-state index contributed by atoms with van der Waals surface area (Å²) in [6, 6.07) is 12.0. The second-order valence-electron chi connectivity index (χ2n) is 4.63. The van der Waals surface area contributed by atoms with Crippen LogP contribution in [0.2, 0.25) is 0 Å². The Balaban J connectivity index is 2.13. The Labute approximate surface area is 116 Å². The first-order valence-corrected chi connectivity index (χ1v) is 6.34. The van der Waals surface area contributed by atoms with Gasteiger partial charge in [-0.15, -0.1) is 0 Å². The molecule has 0 bridgehead atoms. The van der Waals surface area contributed by atoms with Crippen LogP contribution in [0, 0.1) is 5.82 Å². The zero-order valence-corrected chi connectivity index (χ0v) is 10.8. The number of hydrogen-bond acceptors (Lipinski definition) is 3. The third kappa shape index (κ3) is 2.12. The van der Waals surface area contributed by atoms with Gasteiger partial charge in [-0.25, -0.2) is 4.39 Å². The molecule has 0 saturated carbocycles. The molecular weight excluding hydrogens is 257 g/mol. The Morgan fingerprint density at radius 3 is 2.80 bits per heavy atom. The molecule has 1 amide bonds. The lowest BCUT2D eigenvalue weighted by molar-refractivity contribution is -0.115. The maximum Gasteiger partial charge on any atom is 0.244 e.